The molecule has 0 bridgehead atoms. The van der Waals surface area contributed by atoms with Crippen molar-refractivity contribution in [1.29, 1.82) is 0 Å². The van der Waals surface area contributed by atoms with E-state index in [0.29, 0.717) is 31.5 Å². The number of nitrogens with one attached hydrogen (secondary N) is 1. The van der Waals surface area contributed by atoms with Crippen LogP contribution in [0.4, 0.5) is 0 Å². The number of carbonyl (C=O) groups excluding carboxylic acids is 1. The Hall–Kier alpha value is -0.660. The molecular formula is C15H29N3O3S. The molecule has 3 atom stereocenters. The predicted octanol–water partition coefficient (Wildman–Crippen LogP) is 0.647. The van der Waals surface area contributed by atoms with Gasteiger partial charge in [0.25, 0.3) is 0 Å². The number of likely N-dealkylation sites (tertiary alicyclic amines) is 1. The highest BCUT2D eigenvalue weighted by molar-refractivity contribution is 7.88. The van der Waals surface area contributed by atoms with Gasteiger partial charge in [-0.15, -0.1) is 0 Å². The Labute approximate surface area is 134 Å². The molecule has 6 nitrogen and oxygen atoms in total. The van der Waals surface area contributed by atoms with E-state index in [0.717, 1.165) is 19.5 Å². The van der Waals surface area contributed by atoms with Crippen LogP contribution in [-0.2, 0) is 14.8 Å². The zero-order valence-corrected chi connectivity index (χ0v) is 14.7. The van der Waals surface area contributed by atoms with Crippen molar-refractivity contribution < 1.29 is 13.2 Å². The van der Waals surface area contributed by atoms with Crippen LogP contribution in [0, 0.1) is 5.92 Å². The van der Waals surface area contributed by atoms with Gasteiger partial charge in [0.1, 0.15) is 6.04 Å². The summed E-state index contributed by atoms with van der Waals surface area (Å²) < 4.78 is 24.7. The fourth-order valence-corrected chi connectivity index (χ4v) is 4.64. The monoisotopic (exact) mass is 331 g/mol. The number of hydrogen-bond donors (Lipinski definition) is 1. The van der Waals surface area contributed by atoms with Gasteiger partial charge in [0.2, 0.25) is 15.9 Å². The van der Waals surface area contributed by atoms with Gasteiger partial charge >= 0.3 is 0 Å². The van der Waals surface area contributed by atoms with Crippen LogP contribution in [0.3, 0.4) is 0 Å². The molecule has 0 aromatic heterocycles. The smallest absolute Gasteiger partial charge is 0.238 e. The van der Waals surface area contributed by atoms with Gasteiger partial charge in [-0.2, -0.15) is 4.31 Å². The number of carbonyl (C=O) groups is 1. The largest absolute Gasteiger partial charge is 0.353 e. The minimum Gasteiger partial charge on any atom is -0.353 e. The van der Waals surface area contributed by atoms with Crippen LogP contribution in [0.2, 0.25) is 0 Å². The Morgan fingerprint density at radius 2 is 1.95 bits per heavy atom. The van der Waals surface area contributed by atoms with Gasteiger partial charge in [0.15, 0.2) is 0 Å². The third kappa shape index (κ3) is 4.43. The molecule has 2 aliphatic heterocycles. The van der Waals surface area contributed by atoms with E-state index in [1.54, 1.807) is 0 Å². The van der Waals surface area contributed by atoms with Crippen molar-refractivity contribution >= 4 is 15.9 Å². The molecule has 2 aliphatic rings. The number of piperidine rings is 1. The van der Waals surface area contributed by atoms with Gasteiger partial charge in [0.05, 0.1) is 6.26 Å². The molecule has 0 aromatic carbocycles. The third-order valence-corrected chi connectivity index (χ3v) is 6.10. The molecule has 0 aliphatic carbocycles. The van der Waals surface area contributed by atoms with Crippen LogP contribution >= 0.6 is 0 Å². The molecule has 0 aromatic rings. The minimum absolute atomic E-state index is 0.153. The lowest BCUT2D eigenvalue weighted by molar-refractivity contribution is -0.124. The van der Waals surface area contributed by atoms with Gasteiger partial charge < -0.3 is 5.32 Å². The van der Waals surface area contributed by atoms with E-state index in [9.17, 15) is 13.2 Å². The van der Waals surface area contributed by atoms with Crippen molar-refractivity contribution in [2.45, 2.75) is 51.6 Å². The van der Waals surface area contributed by atoms with Crippen molar-refractivity contribution in [2.75, 3.05) is 32.4 Å². The van der Waals surface area contributed by atoms with Crippen LogP contribution in [0.15, 0.2) is 0 Å². The highest BCUT2D eigenvalue weighted by Crippen LogP contribution is 2.21. The lowest BCUT2D eigenvalue weighted by Crippen LogP contribution is -2.50. The average Bonchev–Trinajstić information content (AvgIpc) is 2.94. The maximum atomic E-state index is 12.3. The van der Waals surface area contributed by atoms with Crippen molar-refractivity contribution in [2.24, 2.45) is 5.92 Å². The summed E-state index contributed by atoms with van der Waals surface area (Å²) in [5.74, 6) is 0.558. The molecule has 3 unspecified atom stereocenters. The molecule has 2 heterocycles. The van der Waals surface area contributed by atoms with Crippen molar-refractivity contribution in [3.05, 3.63) is 0 Å². The van der Waals surface area contributed by atoms with Crippen molar-refractivity contribution in [3.63, 3.8) is 0 Å². The molecule has 2 fully saturated rings. The zero-order chi connectivity index (χ0) is 16.3. The summed E-state index contributed by atoms with van der Waals surface area (Å²) in [7, 11) is -3.30. The average molecular weight is 331 g/mol. The second-order valence-electron chi connectivity index (χ2n) is 6.87. The SMILES string of the molecule is CC1CCCN(C(C)CNC(=O)C2CCCN2S(C)(=O)=O)C1. The molecule has 0 saturated carbocycles. The Morgan fingerprint density at radius 1 is 1.27 bits per heavy atom. The molecule has 1 amide bonds. The van der Waals surface area contributed by atoms with E-state index >= 15 is 0 Å². The number of amides is 1. The lowest BCUT2D eigenvalue weighted by Gasteiger charge is -2.35. The summed E-state index contributed by atoms with van der Waals surface area (Å²) in [6, 6.07) is -0.234. The number of rotatable bonds is 5. The van der Waals surface area contributed by atoms with E-state index in [-0.39, 0.29) is 5.91 Å². The van der Waals surface area contributed by atoms with E-state index in [1.165, 1.54) is 23.4 Å². The molecule has 2 rings (SSSR count). The van der Waals surface area contributed by atoms with Crippen LogP contribution in [0.1, 0.15) is 39.5 Å². The van der Waals surface area contributed by atoms with Gasteiger partial charge in [-0.05, 0) is 45.1 Å². The first-order valence-electron chi connectivity index (χ1n) is 8.27. The van der Waals surface area contributed by atoms with E-state index in [1.807, 2.05) is 0 Å². The molecule has 1 N–H and O–H groups in total. The summed E-state index contributed by atoms with van der Waals surface area (Å²) in [4.78, 5) is 14.7. The highest BCUT2D eigenvalue weighted by Gasteiger charge is 2.36. The molecule has 22 heavy (non-hydrogen) atoms. The van der Waals surface area contributed by atoms with Gasteiger partial charge in [0, 0.05) is 25.7 Å². The van der Waals surface area contributed by atoms with E-state index in [2.05, 4.69) is 24.1 Å². The predicted molar refractivity (Wildman–Crippen MR) is 87.0 cm³/mol. The summed E-state index contributed by atoms with van der Waals surface area (Å²) in [6.45, 7) is 7.59. The Balaban J connectivity index is 1.84. The standard InChI is InChI=1S/C15H29N3O3S/c1-12-6-4-8-17(11-12)13(2)10-16-15(19)14-7-5-9-18(14)22(3,20)21/h12-14H,4-11H2,1-3H3,(H,16,19). The maximum Gasteiger partial charge on any atom is 0.238 e. The Morgan fingerprint density at radius 3 is 2.59 bits per heavy atom. The lowest BCUT2D eigenvalue weighted by atomic mass is 9.99. The molecular weight excluding hydrogens is 302 g/mol. The van der Waals surface area contributed by atoms with E-state index < -0.39 is 16.1 Å². The minimum atomic E-state index is -3.30. The molecule has 0 radical (unpaired) electrons. The fourth-order valence-electron chi connectivity index (χ4n) is 3.52. The first kappa shape index (κ1) is 17.7. The fraction of sp³-hybridized carbons (Fsp3) is 0.933. The summed E-state index contributed by atoms with van der Waals surface area (Å²) >= 11 is 0. The highest BCUT2D eigenvalue weighted by atomic mass is 32.2. The Kier molecular flexibility index (Phi) is 5.85. The molecule has 128 valence electrons. The topological polar surface area (TPSA) is 69.7 Å². The van der Waals surface area contributed by atoms with Gasteiger partial charge in [-0.1, -0.05) is 6.92 Å². The van der Waals surface area contributed by atoms with Gasteiger partial charge in [-0.3, -0.25) is 9.69 Å². The maximum absolute atomic E-state index is 12.3. The first-order chi connectivity index (χ1) is 10.3. The molecule has 7 heteroatoms. The number of sulfonamides is 1. The van der Waals surface area contributed by atoms with Crippen LogP contribution in [-0.4, -0.2) is 68.0 Å². The second kappa shape index (κ2) is 7.27. The van der Waals surface area contributed by atoms with Crippen LogP contribution < -0.4 is 5.32 Å². The van der Waals surface area contributed by atoms with E-state index in [4.69, 9.17) is 0 Å². The summed E-state index contributed by atoms with van der Waals surface area (Å²) in [6.07, 6.45) is 5.04. The quantitative estimate of drug-likeness (QED) is 0.803. The zero-order valence-electron chi connectivity index (χ0n) is 13.9. The Bertz CT molecular complexity index is 494. The van der Waals surface area contributed by atoms with Crippen LogP contribution in [0.5, 0.6) is 0 Å². The van der Waals surface area contributed by atoms with Crippen molar-refractivity contribution in [3.8, 4) is 0 Å². The van der Waals surface area contributed by atoms with Gasteiger partial charge in [-0.25, -0.2) is 8.42 Å². The summed E-state index contributed by atoms with van der Waals surface area (Å²) in [5, 5.41) is 2.95. The number of nitrogens with zero attached hydrogens (tertiary/aromatic N) is 2. The third-order valence-electron chi connectivity index (χ3n) is 4.82. The van der Waals surface area contributed by atoms with Crippen molar-refractivity contribution in [1.82, 2.24) is 14.5 Å². The summed E-state index contributed by atoms with van der Waals surface area (Å²) in [5.41, 5.74) is 0. The second-order valence-corrected chi connectivity index (χ2v) is 8.80. The first-order valence-corrected chi connectivity index (χ1v) is 10.1. The molecule has 2 saturated heterocycles. The molecule has 0 spiro atoms. The normalized spacial score (nSPS) is 29.4. The number of hydrogen-bond acceptors (Lipinski definition) is 4. The van der Waals surface area contributed by atoms with Crippen LogP contribution in [0.25, 0.3) is 0 Å².